The van der Waals surface area contributed by atoms with Gasteiger partial charge in [0, 0.05) is 17.1 Å². The lowest BCUT2D eigenvalue weighted by atomic mass is 10.1. The van der Waals surface area contributed by atoms with Crippen molar-refractivity contribution in [1.82, 2.24) is 5.32 Å². The summed E-state index contributed by atoms with van der Waals surface area (Å²) in [4.78, 5) is 4.26. The van der Waals surface area contributed by atoms with Crippen LogP contribution in [0.15, 0.2) is 27.7 Å². The highest BCUT2D eigenvalue weighted by molar-refractivity contribution is 9.10. The highest BCUT2D eigenvalue weighted by Crippen LogP contribution is 2.17. The van der Waals surface area contributed by atoms with Crippen LogP contribution in [0.1, 0.15) is 31.2 Å². The van der Waals surface area contributed by atoms with Crippen molar-refractivity contribution in [3.8, 4) is 0 Å². The molecule has 0 heterocycles. The Morgan fingerprint density at radius 3 is 2.89 bits per heavy atom. The lowest BCUT2D eigenvalue weighted by Gasteiger charge is -2.12. The first-order chi connectivity index (χ1) is 9.15. The van der Waals surface area contributed by atoms with E-state index >= 15 is 0 Å². The number of nitrogens with one attached hydrogen (secondary N) is 1. The van der Waals surface area contributed by atoms with E-state index in [-0.39, 0.29) is 5.82 Å². The van der Waals surface area contributed by atoms with Crippen molar-refractivity contribution < 1.29 is 4.39 Å². The van der Waals surface area contributed by atoms with Crippen LogP contribution in [0, 0.1) is 5.82 Å². The van der Waals surface area contributed by atoms with E-state index in [0.29, 0.717) is 30.5 Å². The summed E-state index contributed by atoms with van der Waals surface area (Å²) in [5.41, 5.74) is 6.48. The van der Waals surface area contributed by atoms with Gasteiger partial charge in [0.25, 0.3) is 0 Å². The predicted octanol–water partition coefficient (Wildman–Crippen LogP) is 2.98. The molecule has 0 atom stereocenters. The highest BCUT2D eigenvalue weighted by atomic mass is 79.9. The van der Waals surface area contributed by atoms with Crippen molar-refractivity contribution in [3.63, 3.8) is 0 Å². The lowest BCUT2D eigenvalue weighted by molar-refractivity contribution is 0.607. The van der Waals surface area contributed by atoms with Gasteiger partial charge in [-0.3, -0.25) is 4.99 Å². The first-order valence-electron chi connectivity index (χ1n) is 6.65. The van der Waals surface area contributed by atoms with E-state index in [1.54, 1.807) is 12.1 Å². The lowest BCUT2D eigenvalue weighted by Crippen LogP contribution is -2.38. The molecule has 19 heavy (non-hydrogen) atoms. The summed E-state index contributed by atoms with van der Waals surface area (Å²) in [6, 6.07) is 5.40. The van der Waals surface area contributed by atoms with E-state index in [1.807, 2.05) is 0 Å². The zero-order chi connectivity index (χ0) is 13.7. The molecule has 1 aliphatic rings. The second kappa shape index (κ2) is 6.89. The molecular weight excluding hydrogens is 309 g/mol. The van der Waals surface area contributed by atoms with E-state index in [9.17, 15) is 4.39 Å². The maximum Gasteiger partial charge on any atom is 0.188 e. The van der Waals surface area contributed by atoms with Crippen molar-refractivity contribution in [1.29, 1.82) is 0 Å². The van der Waals surface area contributed by atoms with E-state index in [0.717, 1.165) is 17.3 Å². The number of nitrogens with zero attached hydrogens (tertiary/aromatic N) is 1. The SMILES string of the molecule is NC(=NCCc1cc(Br)ccc1F)NC1CCCC1. The van der Waals surface area contributed by atoms with Crippen molar-refractivity contribution in [2.45, 2.75) is 38.1 Å². The summed E-state index contributed by atoms with van der Waals surface area (Å²) in [7, 11) is 0. The quantitative estimate of drug-likeness (QED) is 0.659. The second-order valence-corrected chi connectivity index (χ2v) is 5.79. The van der Waals surface area contributed by atoms with Crippen LogP contribution >= 0.6 is 15.9 Å². The molecule has 104 valence electrons. The summed E-state index contributed by atoms with van der Waals surface area (Å²) in [5, 5.41) is 3.22. The average molecular weight is 328 g/mol. The van der Waals surface area contributed by atoms with Gasteiger partial charge in [-0.15, -0.1) is 0 Å². The molecule has 0 saturated heterocycles. The predicted molar refractivity (Wildman–Crippen MR) is 79.7 cm³/mol. The molecule has 0 amide bonds. The maximum absolute atomic E-state index is 13.5. The van der Waals surface area contributed by atoms with E-state index in [1.165, 1.54) is 18.9 Å². The Balaban J connectivity index is 1.82. The van der Waals surface area contributed by atoms with Crippen molar-refractivity contribution in [2.24, 2.45) is 10.7 Å². The monoisotopic (exact) mass is 327 g/mol. The standard InChI is InChI=1S/C14H19BrFN3/c15-11-5-6-13(16)10(9-11)7-8-18-14(17)19-12-3-1-2-4-12/h5-6,9,12H,1-4,7-8H2,(H3,17,18,19). The smallest absolute Gasteiger partial charge is 0.188 e. The number of hydrogen-bond donors (Lipinski definition) is 2. The molecule has 5 heteroatoms. The van der Waals surface area contributed by atoms with Crippen LogP contribution in [-0.4, -0.2) is 18.5 Å². The third-order valence-corrected chi connectivity index (χ3v) is 3.87. The van der Waals surface area contributed by atoms with E-state index < -0.39 is 0 Å². The van der Waals surface area contributed by atoms with E-state index in [4.69, 9.17) is 5.73 Å². The Kier molecular flexibility index (Phi) is 5.19. The number of rotatable bonds is 4. The number of nitrogens with two attached hydrogens (primary N) is 1. The van der Waals surface area contributed by atoms with Gasteiger partial charge in [0.15, 0.2) is 5.96 Å². The fraction of sp³-hybridized carbons (Fsp3) is 0.500. The van der Waals surface area contributed by atoms with Gasteiger partial charge in [-0.1, -0.05) is 28.8 Å². The molecule has 0 unspecified atom stereocenters. The zero-order valence-corrected chi connectivity index (χ0v) is 12.4. The summed E-state index contributed by atoms with van der Waals surface area (Å²) in [5.74, 6) is 0.281. The number of benzene rings is 1. The third-order valence-electron chi connectivity index (χ3n) is 3.38. The molecule has 0 spiro atoms. The normalized spacial score (nSPS) is 16.8. The zero-order valence-electron chi connectivity index (χ0n) is 10.8. The molecule has 2 rings (SSSR count). The number of hydrogen-bond acceptors (Lipinski definition) is 1. The Morgan fingerprint density at radius 2 is 2.16 bits per heavy atom. The van der Waals surface area contributed by atoms with Crippen molar-refractivity contribution >= 4 is 21.9 Å². The minimum atomic E-state index is -0.194. The van der Waals surface area contributed by atoms with Crippen LogP contribution in [0.5, 0.6) is 0 Å². The fourth-order valence-electron chi connectivity index (χ4n) is 2.36. The molecule has 0 radical (unpaired) electrons. The van der Waals surface area contributed by atoms with Crippen LogP contribution in [0.3, 0.4) is 0 Å². The molecule has 3 nitrogen and oxygen atoms in total. The number of halogens is 2. The minimum Gasteiger partial charge on any atom is -0.370 e. The molecule has 1 aromatic carbocycles. The average Bonchev–Trinajstić information content (AvgIpc) is 2.86. The van der Waals surface area contributed by atoms with Crippen LogP contribution in [0.2, 0.25) is 0 Å². The maximum atomic E-state index is 13.5. The van der Waals surface area contributed by atoms with Crippen molar-refractivity contribution in [2.75, 3.05) is 6.54 Å². The van der Waals surface area contributed by atoms with Gasteiger partial charge in [0.2, 0.25) is 0 Å². The van der Waals surface area contributed by atoms with Gasteiger partial charge < -0.3 is 11.1 Å². The molecule has 1 fully saturated rings. The third kappa shape index (κ3) is 4.49. The summed E-state index contributed by atoms with van der Waals surface area (Å²) in [6.45, 7) is 0.499. The molecule has 1 aliphatic carbocycles. The van der Waals surface area contributed by atoms with Crippen LogP contribution in [0.25, 0.3) is 0 Å². The van der Waals surface area contributed by atoms with Gasteiger partial charge in [-0.25, -0.2) is 4.39 Å². The van der Waals surface area contributed by atoms with Gasteiger partial charge in [0.05, 0.1) is 0 Å². The summed E-state index contributed by atoms with van der Waals surface area (Å²) in [6.07, 6.45) is 5.40. The second-order valence-electron chi connectivity index (χ2n) is 4.88. The van der Waals surface area contributed by atoms with Crippen LogP contribution in [0.4, 0.5) is 4.39 Å². The Hall–Kier alpha value is -1.10. The minimum absolute atomic E-state index is 0.194. The number of guanidine groups is 1. The largest absolute Gasteiger partial charge is 0.370 e. The Bertz CT molecular complexity index is 456. The molecule has 3 N–H and O–H groups in total. The Labute approximate surface area is 121 Å². The first kappa shape index (κ1) is 14.3. The van der Waals surface area contributed by atoms with Crippen molar-refractivity contribution in [3.05, 3.63) is 34.1 Å². The topological polar surface area (TPSA) is 50.4 Å². The number of aliphatic imine (C=N–C) groups is 1. The summed E-state index contributed by atoms with van der Waals surface area (Å²) >= 11 is 3.34. The van der Waals surface area contributed by atoms with Gasteiger partial charge in [-0.05, 0) is 43.0 Å². The van der Waals surface area contributed by atoms with Gasteiger partial charge >= 0.3 is 0 Å². The van der Waals surface area contributed by atoms with E-state index in [2.05, 4.69) is 26.2 Å². The molecule has 0 bridgehead atoms. The Morgan fingerprint density at radius 1 is 1.42 bits per heavy atom. The first-order valence-corrected chi connectivity index (χ1v) is 7.45. The summed E-state index contributed by atoms with van der Waals surface area (Å²) < 4.78 is 14.4. The highest BCUT2D eigenvalue weighted by Gasteiger charge is 2.14. The van der Waals surface area contributed by atoms with Crippen LogP contribution in [-0.2, 0) is 6.42 Å². The molecular formula is C14H19BrFN3. The van der Waals surface area contributed by atoms with Crippen LogP contribution < -0.4 is 11.1 Å². The molecule has 0 aromatic heterocycles. The van der Waals surface area contributed by atoms with Gasteiger partial charge in [0.1, 0.15) is 5.82 Å². The van der Waals surface area contributed by atoms with Gasteiger partial charge in [-0.2, -0.15) is 0 Å². The molecule has 1 saturated carbocycles. The molecule has 1 aromatic rings. The fourth-order valence-corrected chi connectivity index (χ4v) is 2.77. The molecule has 0 aliphatic heterocycles.